The minimum Gasteiger partial charge on any atom is -0.504 e. The molecule has 5 nitrogen and oxygen atoms in total. The first-order valence-corrected chi connectivity index (χ1v) is 7.09. The van der Waals surface area contributed by atoms with E-state index in [-0.39, 0.29) is 11.5 Å². The van der Waals surface area contributed by atoms with Crippen LogP contribution in [0.5, 0.6) is 11.5 Å². The Bertz CT molecular complexity index is 699. The van der Waals surface area contributed by atoms with Crippen LogP contribution in [0.2, 0.25) is 0 Å². The van der Waals surface area contributed by atoms with Gasteiger partial charge in [0.2, 0.25) is 0 Å². The first-order valence-electron chi connectivity index (χ1n) is 7.09. The number of carboxylic acid groups (broad SMARTS) is 1. The van der Waals surface area contributed by atoms with E-state index >= 15 is 0 Å². The summed E-state index contributed by atoms with van der Waals surface area (Å²) >= 11 is 0. The number of fused-ring (bicyclic) bond motifs is 1. The summed E-state index contributed by atoms with van der Waals surface area (Å²) in [4.78, 5) is 13.4. The smallest absolute Gasteiger partial charge is 0.321 e. The van der Waals surface area contributed by atoms with Gasteiger partial charge < -0.3 is 15.3 Å². The van der Waals surface area contributed by atoms with Crippen LogP contribution in [-0.2, 0) is 24.3 Å². The maximum Gasteiger partial charge on any atom is 0.321 e. The molecule has 1 atom stereocenters. The van der Waals surface area contributed by atoms with E-state index in [1.54, 1.807) is 0 Å². The molecule has 0 amide bonds. The van der Waals surface area contributed by atoms with Crippen molar-refractivity contribution in [3.8, 4) is 11.5 Å². The maximum absolute atomic E-state index is 11.6. The molecule has 1 aliphatic rings. The normalized spacial score (nSPS) is 17.9. The number of carbonyl (C=O) groups is 1. The van der Waals surface area contributed by atoms with Crippen molar-refractivity contribution in [3.05, 3.63) is 59.2 Å². The van der Waals surface area contributed by atoms with Gasteiger partial charge in [0.25, 0.3) is 0 Å². The van der Waals surface area contributed by atoms with Gasteiger partial charge in [-0.1, -0.05) is 30.3 Å². The Morgan fingerprint density at radius 2 is 1.73 bits per heavy atom. The monoisotopic (exact) mass is 299 g/mol. The molecule has 1 heterocycles. The average molecular weight is 299 g/mol. The highest BCUT2D eigenvalue weighted by Crippen LogP contribution is 2.33. The quantitative estimate of drug-likeness (QED) is 0.756. The highest BCUT2D eigenvalue weighted by atomic mass is 16.4. The Hall–Kier alpha value is -2.53. The van der Waals surface area contributed by atoms with Gasteiger partial charge in [-0.2, -0.15) is 0 Å². The summed E-state index contributed by atoms with van der Waals surface area (Å²) in [5, 5.41) is 28.7. The van der Waals surface area contributed by atoms with Crippen LogP contribution in [0, 0.1) is 0 Å². The molecule has 3 rings (SSSR count). The zero-order valence-electron chi connectivity index (χ0n) is 11.9. The van der Waals surface area contributed by atoms with E-state index in [0.29, 0.717) is 19.5 Å². The number of benzene rings is 2. The number of aliphatic carboxylic acids is 1. The van der Waals surface area contributed by atoms with Gasteiger partial charge in [0.15, 0.2) is 11.5 Å². The molecule has 2 aromatic rings. The van der Waals surface area contributed by atoms with Crippen LogP contribution in [0.4, 0.5) is 0 Å². The number of phenols is 2. The number of aromatic hydroxyl groups is 2. The van der Waals surface area contributed by atoms with Crippen molar-refractivity contribution in [1.82, 2.24) is 4.90 Å². The molecule has 114 valence electrons. The van der Waals surface area contributed by atoms with E-state index in [2.05, 4.69) is 0 Å². The molecule has 2 aromatic carbocycles. The third kappa shape index (κ3) is 2.76. The average Bonchev–Trinajstić information content (AvgIpc) is 2.49. The van der Waals surface area contributed by atoms with Crippen molar-refractivity contribution < 1.29 is 20.1 Å². The second-order valence-corrected chi connectivity index (χ2v) is 5.56. The summed E-state index contributed by atoms with van der Waals surface area (Å²) in [6.07, 6.45) is 0.311. The Labute approximate surface area is 128 Å². The Kier molecular flexibility index (Phi) is 3.73. The molecule has 0 aliphatic carbocycles. The molecule has 0 radical (unpaired) electrons. The van der Waals surface area contributed by atoms with Crippen LogP contribution in [0.3, 0.4) is 0 Å². The molecule has 1 aliphatic heterocycles. The van der Waals surface area contributed by atoms with E-state index in [1.165, 1.54) is 12.1 Å². The summed E-state index contributed by atoms with van der Waals surface area (Å²) in [5.74, 6) is -1.26. The van der Waals surface area contributed by atoms with Crippen molar-refractivity contribution in [3.63, 3.8) is 0 Å². The fourth-order valence-corrected chi connectivity index (χ4v) is 2.89. The maximum atomic E-state index is 11.6. The van der Waals surface area contributed by atoms with Crippen molar-refractivity contribution in [2.75, 3.05) is 0 Å². The summed E-state index contributed by atoms with van der Waals surface area (Å²) < 4.78 is 0. The van der Waals surface area contributed by atoms with Gasteiger partial charge >= 0.3 is 5.97 Å². The number of carboxylic acids is 1. The van der Waals surface area contributed by atoms with Gasteiger partial charge in [-0.05, 0) is 35.2 Å². The lowest BCUT2D eigenvalue weighted by molar-refractivity contribution is -0.144. The van der Waals surface area contributed by atoms with E-state index < -0.39 is 12.0 Å². The fourth-order valence-electron chi connectivity index (χ4n) is 2.89. The van der Waals surface area contributed by atoms with Crippen LogP contribution in [0.25, 0.3) is 0 Å². The molecule has 0 bridgehead atoms. The van der Waals surface area contributed by atoms with Gasteiger partial charge in [-0.15, -0.1) is 0 Å². The predicted molar refractivity (Wildman–Crippen MR) is 80.6 cm³/mol. The summed E-state index contributed by atoms with van der Waals surface area (Å²) in [6, 6.07) is 12.0. The van der Waals surface area contributed by atoms with Crippen LogP contribution in [0.1, 0.15) is 16.7 Å². The van der Waals surface area contributed by atoms with E-state index in [0.717, 1.165) is 16.7 Å². The standard InChI is InChI=1S/C17H17NO4/c19-15-7-12-6-14(17(21)22)18(10-13(12)8-16(15)20)9-11-4-2-1-3-5-11/h1-5,7-8,14,19-20H,6,9-10H2,(H,21,22)/t14-/m0/s1. The first kappa shape index (κ1) is 14.4. The van der Waals surface area contributed by atoms with Crippen LogP contribution >= 0.6 is 0 Å². The second-order valence-electron chi connectivity index (χ2n) is 5.56. The van der Waals surface area contributed by atoms with Gasteiger partial charge in [0, 0.05) is 13.1 Å². The Balaban J connectivity index is 1.91. The van der Waals surface area contributed by atoms with Crippen LogP contribution in [0.15, 0.2) is 42.5 Å². The van der Waals surface area contributed by atoms with Gasteiger partial charge in [0.1, 0.15) is 6.04 Å². The minimum absolute atomic E-state index is 0.174. The molecule has 0 spiro atoms. The number of hydrogen-bond acceptors (Lipinski definition) is 4. The third-order valence-electron chi connectivity index (χ3n) is 4.04. The summed E-state index contributed by atoms with van der Waals surface area (Å²) in [7, 11) is 0. The van der Waals surface area contributed by atoms with Gasteiger partial charge in [0.05, 0.1) is 0 Å². The van der Waals surface area contributed by atoms with E-state index in [9.17, 15) is 20.1 Å². The number of hydrogen-bond donors (Lipinski definition) is 3. The van der Waals surface area contributed by atoms with Crippen molar-refractivity contribution in [2.24, 2.45) is 0 Å². The van der Waals surface area contributed by atoms with Crippen molar-refractivity contribution in [1.29, 1.82) is 0 Å². The summed E-state index contributed by atoms with van der Waals surface area (Å²) in [6.45, 7) is 0.952. The van der Waals surface area contributed by atoms with Crippen molar-refractivity contribution >= 4 is 5.97 Å². The van der Waals surface area contributed by atoms with Crippen molar-refractivity contribution in [2.45, 2.75) is 25.6 Å². The fraction of sp³-hybridized carbons (Fsp3) is 0.235. The lowest BCUT2D eigenvalue weighted by atomic mass is 9.93. The van der Waals surface area contributed by atoms with Crippen LogP contribution in [-0.4, -0.2) is 32.2 Å². The summed E-state index contributed by atoms with van der Waals surface area (Å²) in [5.41, 5.74) is 2.66. The third-order valence-corrected chi connectivity index (χ3v) is 4.04. The van der Waals surface area contributed by atoms with E-state index in [1.807, 2.05) is 35.2 Å². The lowest BCUT2D eigenvalue weighted by Gasteiger charge is -2.34. The van der Waals surface area contributed by atoms with Gasteiger partial charge in [-0.3, -0.25) is 9.69 Å². The number of nitrogens with zero attached hydrogens (tertiary/aromatic N) is 1. The highest BCUT2D eigenvalue weighted by Gasteiger charge is 2.32. The van der Waals surface area contributed by atoms with Gasteiger partial charge in [-0.25, -0.2) is 0 Å². The molecule has 3 N–H and O–H groups in total. The lowest BCUT2D eigenvalue weighted by Crippen LogP contribution is -2.45. The molecule has 0 unspecified atom stereocenters. The molecule has 0 aromatic heterocycles. The minimum atomic E-state index is -0.880. The van der Waals surface area contributed by atoms with E-state index in [4.69, 9.17) is 0 Å². The highest BCUT2D eigenvalue weighted by molar-refractivity contribution is 5.74. The Morgan fingerprint density at radius 1 is 1.09 bits per heavy atom. The molecule has 0 saturated heterocycles. The molecule has 5 heteroatoms. The second kappa shape index (κ2) is 5.69. The largest absolute Gasteiger partial charge is 0.504 e. The zero-order chi connectivity index (χ0) is 15.7. The first-order chi connectivity index (χ1) is 10.5. The Morgan fingerprint density at radius 3 is 2.36 bits per heavy atom. The number of rotatable bonds is 3. The molecular weight excluding hydrogens is 282 g/mol. The zero-order valence-corrected chi connectivity index (χ0v) is 11.9. The molecular formula is C17H17NO4. The molecule has 22 heavy (non-hydrogen) atoms. The van der Waals surface area contributed by atoms with Crippen LogP contribution < -0.4 is 0 Å². The topological polar surface area (TPSA) is 81.0 Å². The molecule has 0 fully saturated rings. The predicted octanol–water partition coefficient (Wildman–Crippen LogP) is 2.11. The molecule has 0 saturated carbocycles. The number of phenolic OH excluding ortho intramolecular Hbond substituents is 2. The SMILES string of the molecule is O=C(O)[C@@H]1Cc2cc(O)c(O)cc2CN1Cc1ccccc1.